The molecule has 0 unspecified atom stereocenters. The predicted molar refractivity (Wildman–Crippen MR) is 60.9 cm³/mol. The highest BCUT2D eigenvalue weighted by molar-refractivity contribution is 8.00. The predicted octanol–water partition coefficient (Wildman–Crippen LogP) is 4.71. The van der Waals surface area contributed by atoms with Gasteiger partial charge >= 0.3 is 11.7 Å². The number of H-pyrrole nitrogens is 1. The second-order valence-corrected chi connectivity index (χ2v) is 4.84. The summed E-state index contributed by atoms with van der Waals surface area (Å²) in [6.07, 6.45) is -3.51. The molecule has 0 aliphatic heterocycles. The molecule has 20 heavy (non-hydrogen) atoms. The molecule has 1 aromatic carbocycles. The van der Waals surface area contributed by atoms with E-state index >= 15 is 0 Å². The van der Waals surface area contributed by atoms with Crippen molar-refractivity contribution < 1.29 is 26.3 Å². The van der Waals surface area contributed by atoms with Gasteiger partial charge in [-0.2, -0.15) is 31.4 Å². The van der Waals surface area contributed by atoms with E-state index in [4.69, 9.17) is 0 Å². The van der Waals surface area contributed by atoms with Crippen molar-refractivity contribution in [3.05, 3.63) is 36.0 Å². The maximum atomic E-state index is 12.4. The molecule has 0 fully saturated rings. The quantitative estimate of drug-likeness (QED) is 0.643. The standard InChI is InChI=1S/C11H6F6N2S/c12-10(13,14)7-3-1-6(2-4-7)9-8(5-18-19-9)20-11(15,16)17/h1-5H,(H,18,19). The fourth-order valence-electron chi connectivity index (χ4n) is 1.51. The number of thioether (sulfide) groups is 1. The highest BCUT2D eigenvalue weighted by atomic mass is 32.2. The lowest BCUT2D eigenvalue weighted by Gasteiger charge is -2.08. The van der Waals surface area contributed by atoms with Crippen LogP contribution in [0, 0.1) is 0 Å². The molecule has 0 bridgehead atoms. The van der Waals surface area contributed by atoms with Crippen LogP contribution in [-0.4, -0.2) is 15.7 Å². The average molecular weight is 312 g/mol. The first-order chi connectivity index (χ1) is 9.17. The molecule has 0 radical (unpaired) electrons. The lowest BCUT2D eigenvalue weighted by atomic mass is 10.1. The minimum atomic E-state index is -4.50. The normalized spacial score (nSPS) is 12.7. The van der Waals surface area contributed by atoms with Crippen molar-refractivity contribution in [2.45, 2.75) is 16.6 Å². The van der Waals surface area contributed by atoms with Gasteiger partial charge in [-0.25, -0.2) is 0 Å². The molecular weight excluding hydrogens is 306 g/mol. The van der Waals surface area contributed by atoms with Crippen LogP contribution in [0.25, 0.3) is 11.3 Å². The molecule has 9 heteroatoms. The van der Waals surface area contributed by atoms with Gasteiger partial charge in [-0.15, -0.1) is 0 Å². The molecule has 0 atom stereocenters. The van der Waals surface area contributed by atoms with Crippen molar-refractivity contribution in [1.82, 2.24) is 10.2 Å². The van der Waals surface area contributed by atoms with Gasteiger partial charge in [-0.1, -0.05) is 12.1 Å². The molecule has 1 heterocycles. The number of alkyl halides is 6. The number of hydrogen-bond donors (Lipinski definition) is 1. The molecule has 108 valence electrons. The number of nitrogens with one attached hydrogen (secondary N) is 1. The maximum absolute atomic E-state index is 12.4. The minimum absolute atomic E-state index is 0.0287. The molecule has 0 saturated heterocycles. The van der Waals surface area contributed by atoms with Gasteiger partial charge in [0.15, 0.2) is 0 Å². The van der Waals surface area contributed by atoms with Crippen LogP contribution in [0.2, 0.25) is 0 Å². The molecule has 0 spiro atoms. The molecule has 0 saturated carbocycles. The number of nitrogens with zero attached hydrogens (tertiary/aromatic N) is 1. The van der Waals surface area contributed by atoms with E-state index in [-0.39, 0.29) is 27.9 Å². The summed E-state index contributed by atoms with van der Waals surface area (Å²) in [5, 5.41) is 5.84. The second kappa shape index (κ2) is 5.04. The van der Waals surface area contributed by atoms with E-state index in [0.29, 0.717) is 0 Å². The van der Waals surface area contributed by atoms with E-state index < -0.39 is 17.2 Å². The Morgan fingerprint density at radius 2 is 1.55 bits per heavy atom. The fourth-order valence-corrected chi connectivity index (χ4v) is 2.13. The number of halogens is 6. The molecule has 0 aliphatic carbocycles. The fraction of sp³-hybridized carbons (Fsp3) is 0.182. The van der Waals surface area contributed by atoms with Crippen molar-refractivity contribution >= 4 is 11.8 Å². The number of hydrogen-bond acceptors (Lipinski definition) is 2. The van der Waals surface area contributed by atoms with Gasteiger partial charge in [0.2, 0.25) is 0 Å². The van der Waals surface area contributed by atoms with Crippen molar-refractivity contribution in [3.8, 4) is 11.3 Å². The molecule has 1 N–H and O–H groups in total. The smallest absolute Gasteiger partial charge is 0.277 e. The van der Waals surface area contributed by atoms with Crippen LogP contribution < -0.4 is 0 Å². The number of aromatic nitrogens is 2. The maximum Gasteiger partial charge on any atom is 0.446 e. The molecule has 1 aromatic heterocycles. The summed E-state index contributed by atoms with van der Waals surface area (Å²) >= 11 is -0.377. The first-order valence-corrected chi connectivity index (χ1v) is 5.95. The third-order valence-corrected chi connectivity index (χ3v) is 3.09. The van der Waals surface area contributed by atoms with E-state index in [9.17, 15) is 26.3 Å². The van der Waals surface area contributed by atoms with E-state index in [1.165, 1.54) is 0 Å². The van der Waals surface area contributed by atoms with Gasteiger partial charge in [-0.05, 0) is 23.9 Å². The average Bonchev–Trinajstić information content (AvgIpc) is 2.73. The summed E-state index contributed by atoms with van der Waals surface area (Å²) in [4.78, 5) is -0.197. The van der Waals surface area contributed by atoms with Crippen LogP contribution in [0.15, 0.2) is 35.4 Å². The molecule has 2 nitrogen and oxygen atoms in total. The van der Waals surface area contributed by atoms with Crippen LogP contribution in [0.5, 0.6) is 0 Å². The zero-order valence-corrected chi connectivity index (χ0v) is 10.3. The van der Waals surface area contributed by atoms with Gasteiger partial charge < -0.3 is 0 Å². The lowest BCUT2D eigenvalue weighted by molar-refractivity contribution is -0.137. The summed E-state index contributed by atoms with van der Waals surface area (Å²) < 4.78 is 74.1. The van der Waals surface area contributed by atoms with Gasteiger partial charge in [0, 0.05) is 5.56 Å². The Bertz CT molecular complexity index is 584. The van der Waals surface area contributed by atoms with Crippen molar-refractivity contribution in [1.29, 1.82) is 0 Å². The van der Waals surface area contributed by atoms with Gasteiger partial charge in [-0.3, -0.25) is 5.10 Å². The summed E-state index contributed by atoms with van der Waals surface area (Å²) in [6.45, 7) is 0. The zero-order chi connectivity index (χ0) is 15.0. The van der Waals surface area contributed by atoms with E-state index in [0.717, 1.165) is 30.5 Å². The molecule has 2 rings (SSSR count). The second-order valence-electron chi connectivity index (χ2n) is 3.73. The van der Waals surface area contributed by atoms with Gasteiger partial charge in [0.1, 0.15) is 0 Å². The molecule has 2 aromatic rings. The Balaban J connectivity index is 2.31. The highest BCUT2D eigenvalue weighted by Crippen LogP contribution is 2.41. The van der Waals surface area contributed by atoms with Crippen LogP contribution in [-0.2, 0) is 6.18 Å². The Morgan fingerprint density at radius 3 is 2.05 bits per heavy atom. The molecule has 0 aliphatic rings. The van der Waals surface area contributed by atoms with E-state index in [2.05, 4.69) is 10.2 Å². The number of benzene rings is 1. The molecule has 0 amide bonds. The first-order valence-electron chi connectivity index (χ1n) is 5.13. The van der Waals surface area contributed by atoms with Gasteiger partial charge in [0.25, 0.3) is 0 Å². The zero-order valence-electron chi connectivity index (χ0n) is 9.51. The van der Waals surface area contributed by atoms with Crippen molar-refractivity contribution in [2.24, 2.45) is 0 Å². The lowest BCUT2D eigenvalue weighted by Crippen LogP contribution is -2.04. The summed E-state index contributed by atoms with van der Waals surface area (Å²) in [6, 6.07) is 3.80. The van der Waals surface area contributed by atoms with E-state index in [1.807, 2.05) is 0 Å². The van der Waals surface area contributed by atoms with Crippen LogP contribution in [0.1, 0.15) is 5.56 Å². The van der Waals surface area contributed by atoms with Crippen LogP contribution in [0.4, 0.5) is 26.3 Å². The topological polar surface area (TPSA) is 28.7 Å². The summed E-state index contributed by atoms with van der Waals surface area (Å²) in [5.41, 5.74) is -5.14. The Labute approximate surface area is 113 Å². The first kappa shape index (κ1) is 14.8. The summed E-state index contributed by atoms with van der Waals surface area (Å²) in [7, 11) is 0. The van der Waals surface area contributed by atoms with Gasteiger partial charge in [0.05, 0.1) is 22.3 Å². The minimum Gasteiger partial charge on any atom is -0.277 e. The Hall–Kier alpha value is -1.64. The summed E-state index contributed by atoms with van der Waals surface area (Å²) in [5.74, 6) is 0. The van der Waals surface area contributed by atoms with E-state index in [1.54, 1.807) is 0 Å². The number of aromatic amines is 1. The monoisotopic (exact) mass is 312 g/mol. The van der Waals surface area contributed by atoms with Crippen molar-refractivity contribution in [3.63, 3.8) is 0 Å². The Morgan fingerprint density at radius 1 is 0.950 bits per heavy atom. The highest BCUT2D eigenvalue weighted by Gasteiger charge is 2.32. The van der Waals surface area contributed by atoms with Crippen LogP contribution >= 0.6 is 11.8 Å². The van der Waals surface area contributed by atoms with Crippen LogP contribution in [0.3, 0.4) is 0 Å². The third kappa shape index (κ3) is 3.47. The SMILES string of the molecule is FC(F)(F)Sc1cn[nH]c1-c1ccc(C(F)(F)F)cc1. The molecular formula is C11H6F6N2S. The van der Waals surface area contributed by atoms with Crippen molar-refractivity contribution in [2.75, 3.05) is 0 Å². The Kier molecular flexibility index (Phi) is 3.72. The third-order valence-electron chi connectivity index (χ3n) is 2.33. The largest absolute Gasteiger partial charge is 0.446 e. The number of rotatable bonds is 2.